The number of piperidine rings is 1. The number of aromatic nitrogens is 1. The van der Waals surface area contributed by atoms with Crippen molar-refractivity contribution in [3.63, 3.8) is 0 Å². The van der Waals surface area contributed by atoms with E-state index in [0.717, 1.165) is 31.6 Å². The van der Waals surface area contributed by atoms with E-state index in [4.69, 9.17) is 10.3 Å². The molecule has 1 saturated heterocycles. The number of amides is 1. The molecule has 1 amide bonds. The van der Waals surface area contributed by atoms with Crippen molar-refractivity contribution >= 4 is 11.8 Å². The molecule has 1 aromatic rings. The third kappa shape index (κ3) is 4.04. The Bertz CT molecular complexity index is 430. The molecular formula is C13H22N4O2. The number of rotatable bonds is 4. The second kappa shape index (κ2) is 6.16. The van der Waals surface area contributed by atoms with Crippen molar-refractivity contribution < 1.29 is 9.32 Å². The first-order valence-corrected chi connectivity index (χ1v) is 6.79. The monoisotopic (exact) mass is 266 g/mol. The number of nitrogens with zero attached hydrogens (tertiary/aromatic N) is 2. The highest BCUT2D eigenvalue weighted by atomic mass is 16.5. The van der Waals surface area contributed by atoms with Crippen LogP contribution in [0.1, 0.15) is 38.3 Å². The fourth-order valence-electron chi connectivity index (χ4n) is 2.23. The van der Waals surface area contributed by atoms with Crippen LogP contribution in [0, 0.1) is 0 Å². The summed E-state index contributed by atoms with van der Waals surface area (Å²) in [6, 6.07) is 1.95. The topological polar surface area (TPSA) is 84.4 Å². The minimum absolute atomic E-state index is 0.0828. The molecule has 1 aliphatic rings. The molecule has 0 saturated carbocycles. The van der Waals surface area contributed by atoms with Crippen molar-refractivity contribution in [3.8, 4) is 0 Å². The summed E-state index contributed by atoms with van der Waals surface area (Å²) in [6.45, 7) is 6.11. The molecule has 3 N–H and O–H groups in total. The zero-order chi connectivity index (χ0) is 13.8. The molecule has 0 bridgehead atoms. The van der Waals surface area contributed by atoms with Crippen LogP contribution in [0.15, 0.2) is 10.6 Å². The molecular weight excluding hydrogens is 244 g/mol. The van der Waals surface area contributed by atoms with Gasteiger partial charge in [0, 0.05) is 18.7 Å². The third-order valence-electron chi connectivity index (χ3n) is 3.29. The Balaban J connectivity index is 1.83. The Morgan fingerprint density at radius 2 is 2.47 bits per heavy atom. The minimum atomic E-state index is -0.0828. The summed E-state index contributed by atoms with van der Waals surface area (Å²) in [6.07, 6.45) is 2.09. The van der Waals surface area contributed by atoms with Gasteiger partial charge in [0.25, 0.3) is 0 Å². The first-order chi connectivity index (χ1) is 9.04. The largest absolute Gasteiger partial charge is 0.338 e. The number of nitrogens with one attached hydrogen (secondary N) is 1. The van der Waals surface area contributed by atoms with Gasteiger partial charge in [-0.3, -0.25) is 15.0 Å². The standard InChI is InChI=1S/C13H22N4O2/c1-9(2)11-6-13(19-16-11)15-12(18)8-17-5-3-4-10(14)7-17/h6,9-10H,3-5,7-8,14H2,1-2H3,(H,15,18). The molecule has 6 heteroatoms. The van der Waals surface area contributed by atoms with Crippen molar-refractivity contribution in [2.24, 2.45) is 5.73 Å². The van der Waals surface area contributed by atoms with Gasteiger partial charge >= 0.3 is 0 Å². The second-order valence-electron chi connectivity index (χ2n) is 5.46. The maximum absolute atomic E-state index is 11.9. The number of hydrogen-bond acceptors (Lipinski definition) is 5. The predicted molar refractivity (Wildman–Crippen MR) is 72.9 cm³/mol. The van der Waals surface area contributed by atoms with E-state index in [2.05, 4.69) is 15.4 Å². The van der Waals surface area contributed by atoms with Crippen molar-refractivity contribution in [2.45, 2.75) is 38.6 Å². The smallest absolute Gasteiger partial charge is 0.240 e. The van der Waals surface area contributed by atoms with Crippen LogP contribution in [0.2, 0.25) is 0 Å². The van der Waals surface area contributed by atoms with E-state index in [1.54, 1.807) is 6.07 Å². The van der Waals surface area contributed by atoms with Crippen molar-refractivity contribution in [1.82, 2.24) is 10.1 Å². The fourth-order valence-corrected chi connectivity index (χ4v) is 2.23. The highest BCUT2D eigenvalue weighted by molar-refractivity contribution is 5.90. The zero-order valence-electron chi connectivity index (χ0n) is 11.6. The van der Waals surface area contributed by atoms with E-state index in [0.29, 0.717) is 12.4 Å². The lowest BCUT2D eigenvalue weighted by molar-refractivity contribution is -0.117. The van der Waals surface area contributed by atoms with Crippen LogP contribution in [0.5, 0.6) is 0 Å². The molecule has 106 valence electrons. The van der Waals surface area contributed by atoms with Crippen molar-refractivity contribution in [3.05, 3.63) is 11.8 Å². The van der Waals surface area contributed by atoms with Crippen LogP contribution in [0.4, 0.5) is 5.88 Å². The molecule has 1 aromatic heterocycles. The number of nitrogens with two attached hydrogens (primary N) is 1. The van der Waals surface area contributed by atoms with E-state index >= 15 is 0 Å². The second-order valence-corrected chi connectivity index (χ2v) is 5.46. The maximum Gasteiger partial charge on any atom is 0.240 e. The molecule has 0 radical (unpaired) electrons. The SMILES string of the molecule is CC(C)c1cc(NC(=O)CN2CCCC(N)C2)on1. The Labute approximate surface area is 113 Å². The molecule has 1 fully saturated rings. The van der Waals surface area contributed by atoms with E-state index in [9.17, 15) is 4.79 Å². The van der Waals surface area contributed by atoms with E-state index in [-0.39, 0.29) is 17.9 Å². The van der Waals surface area contributed by atoms with Crippen LogP contribution in [-0.2, 0) is 4.79 Å². The highest BCUT2D eigenvalue weighted by Gasteiger charge is 2.19. The molecule has 0 aliphatic carbocycles. The number of carbonyl (C=O) groups excluding carboxylic acids is 1. The molecule has 19 heavy (non-hydrogen) atoms. The molecule has 0 aromatic carbocycles. The first-order valence-electron chi connectivity index (χ1n) is 6.79. The summed E-state index contributed by atoms with van der Waals surface area (Å²) in [5.74, 6) is 0.616. The molecule has 1 atom stereocenters. The van der Waals surface area contributed by atoms with Gasteiger partial charge in [0.15, 0.2) is 0 Å². The van der Waals surface area contributed by atoms with Crippen LogP contribution < -0.4 is 11.1 Å². The lowest BCUT2D eigenvalue weighted by atomic mass is 10.1. The van der Waals surface area contributed by atoms with Crippen LogP contribution >= 0.6 is 0 Å². The molecule has 1 unspecified atom stereocenters. The number of likely N-dealkylation sites (tertiary alicyclic amines) is 1. The molecule has 1 aliphatic heterocycles. The quantitative estimate of drug-likeness (QED) is 0.854. The average Bonchev–Trinajstić information content (AvgIpc) is 2.77. The number of hydrogen-bond donors (Lipinski definition) is 2. The Morgan fingerprint density at radius 1 is 1.68 bits per heavy atom. The lowest BCUT2D eigenvalue weighted by Gasteiger charge is -2.29. The summed E-state index contributed by atoms with van der Waals surface area (Å²) in [7, 11) is 0. The summed E-state index contributed by atoms with van der Waals surface area (Å²) < 4.78 is 5.08. The van der Waals surface area contributed by atoms with E-state index in [1.165, 1.54) is 0 Å². The summed E-state index contributed by atoms with van der Waals surface area (Å²) >= 11 is 0. The number of carbonyl (C=O) groups is 1. The Hall–Kier alpha value is -1.40. The van der Waals surface area contributed by atoms with Crippen LogP contribution in [0.25, 0.3) is 0 Å². The zero-order valence-corrected chi connectivity index (χ0v) is 11.6. The predicted octanol–water partition coefficient (Wildman–Crippen LogP) is 1.16. The average molecular weight is 266 g/mol. The van der Waals surface area contributed by atoms with Gasteiger partial charge < -0.3 is 10.3 Å². The van der Waals surface area contributed by atoms with Gasteiger partial charge in [-0.1, -0.05) is 19.0 Å². The Kier molecular flexibility index (Phi) is 4.55. The third-order valence-corrected chi connectivity index (χ3v) is 3.29. The lowest BCUT2D eigenvalue weighted by Crippen LogP contribution is -2.45. The normalized spacial score (nSPS) is 20.7. The van der Waals surface area contributed by atoms with Gasteiger partial charge in [0.05, 0.1) is 12.2 Å². The minimum Gasteiger partial charge on any atom is -0.338 e. The number of anilines is 1. The van der Waals surface area contributed by atoms with Gasteiger partial charge in [0.2, 0.25) is 11.8 Å². The van der Waals surface area contributed by atoms with E-state index in [1.807, 2.05) is 13.8 Å². The maximum atomic E-state index is 11.9. The van der Waals surface area contributed by atoms with Crippen molar-refractivity contribution in [2.75, 3.05) is 25.0 Å². The first kappa shape index (κ1) is 14.0. The fraction of sp³-hybridized carbons (Fsp3) is 0.692. The summed E-state index contributed by atoms with van der Waals surface area (Å²) in [5.41, 5.74) is 6.73. The molecule has 0 spiro atoms. The van der Waals surface area contributed by atoms with Crippen LogP contribution in [-0.4, -0.2) is 41.6 Å². The summed E-state index contributed by atoms with van der Waals surface area (Å²) in [5, 5.41) is 6.63. The summed E-state index contributed by atoms with van der Waals surface area (Å²) in [4.78, 5) is 14.0. The Morgan fingerprint density at radius 3 is 3.11 bits per heavy atom. The molecule has 2 rings (SSSR count). The van der Waals surface area contributed by atoms with Gasteiger partial charge in [-0.2, -0.15) is 0 Å². The molecule has 6 nitrogen and oxygen atoms in total. The molecule has 2 heterocycles. The van der Waals surface area contributed by atoms with Gasteiger partial charge in [0.1, 0.15) is 0 Å². The van der Waals surface area contributed by atoms with Gasteiger partial charge in [-0.15, -0.1) is 0 Å². The van der Waals surface area contributed by atoms with E-state index < -0.39 is 0 Å². The highest BCUT2D eigenvalue weighted by Crippen LogP contribution is 2.17. The van der Waals surface area contributed by atoms with Gasteiger partial charge in [-0.25, -0.2) is 0 Å². The van der Waals surface area contributed by atoms with Crippen molar-refractivity contribution in [1.29, 1.82) is 0 Å². The van der Waals surface area contributed by atoms with Crippen LogP contribution in [0.3, 0.4) is 0 Å². The van der Waals surface area contributed by atoms with Gasteiger partial charge in [-0.05, 0) is 25.3 Å².